The number of aromatic nitrogens is 2. The van der Waals surface area contributed by atoms with Gasteiger partial charge in [0.25, 0.3) is 0 Å². The molecule has 5 heteroatoms. The summed E-state index contributed by atoms with van der Waals surface area (Å²) in [7, 11) is 2.05. The van der Waals surface area contributed by atoms with Gasteiger partial charge in [-0.1, -0.05) is 6.42 Å². The molecule has 3 saturated heterocycles. The lowest BCUT2D eigenvalue weighted by Gasteiger charge is -2.30. The largest absolute Gasteiger partial charge is 0.376 e. The van der Waals surface area contributed by atoms with E-state index < -0.39 is 0 Å². The number of hydrogen-bond donors (Lipinski definition) is 0. The summed E-state index contributed by atoms with van der Waals surface area (Å²) in [5.41, 5.74) is 2.43. The maximum absolute atomic E-state index is 6.14. The molecule has 4 rings (SSSR count). The fourth-order valence-electron chi connectivity index (χ4n) is 4.71. The third kappa shape index (κ3) is 3.32. The zero-order chi connectivity index (χ0) is 15.8. The SMILES string of the molecule is Cc1cc(CN2C[C@@H]3[C@H](CN4CCCCC4)CO[C@@H]3C2)n(C)n1. The summed E-state index contributed by atoms with van der Waals surface area (Å²) in [6.07, 6.45) is 4.64. The van der Waals surface area contributed by atoms with Crippen LogP contribution in [0.25, 0.3) is 0 Å². The lowest BCUT2D eigenvalue weighted by molar-refractivity contribution is 0.0887. The van der Waals surface area contributed by atoms with Crippen molar-refractivity contribution < 1.29 is 4.74 Å². The summed E-state index contributed by atoms with van der Waals surface area (Å²) in [4.78, 5) is 5.24. The maximum Gasteiger partial charge on any atom is 0.0746 e. The van der Waals surface area contributed by atoms with Crippen molar-refractivity contribution in [3.8, 4) is 0 Å². The van der Waals surface area contributed by atoms with Crippen molar-refractivity contribution in [3.63, 3.8) is 0 Å². The molecule has 0 aliphatic carbocycles. The summed E-state index contributed by atoms with van der Waals surface area (Å²) >= 11 is 0. The summed E-state index contributed by atoms with van der Waals surface area (Å²) in [5.74, 6) is 1.46. The number of aryl methyl sites for hydroxylation is 2. The van der Waals surface area contributed by atoms with Gasteiger partial charge in [-0.05, 0) is 38.9 Å². The Morgan fingerprint density at radius 2 is 2.00 bits per heavy atom. The molecular weight excluding hydrogens is 288 g/mol. The smallest absolute Gasteiger partial charge is 0.0746 e. The molecule has 4 heterocycles. The number of hydrogen-bond acceptors (Lipinski definition) is 4. The first-order chi connectivity index (χ1) is 11.2. The molecule has 23 heavy (non-hydrogen) atoms. The van der Waals surface area contributed by atoms with Crippen molar-refractivity contribution in [2.45, 2.75) is 38.8 Å². The predicted octanol–water partition coefficient (Wildman–Crippen LogP) is 1.66. The summed E-state index contributed by atoms with van der Waals surface area (Å²) in [6.45, 7) is 10.2. The number of nitrogens with zero attached hydrogens (tertiary/aromatic N) is 4. The van der Waals surface area contributed by atoms with Gasteiger partial charge in [-0.15, -0.1) is 0 Å². The van der Waals surface area contributed by atoms with Crippen molar-refractivity contribution in [2.75, 3.05) is 39.3 Å². The summed E-state index contributed by atoms with van der Waals surface area (Å²) < 4.78 is 8.17. The highest BCUT2D eigenvalue weighted by atomic mass is 16.5. The molecule has 1 aromatic rings. The Bertz CT molecular complexity index is 537. The molecule has 3 fully saturated rings. The highest BCUT2D eigenvalue weighted by Crippen LogP contribution is 2.35. The number of rotatable bonds is 4. The fraction of sp³-hybridized carbons (Fsp3) is 0.833. The molecule has 0 spiro atoms. The van der Waals surface area contributed by atoms with E-state index in [-0.39, 0.29) is 0 Å². The van der Waals surface area contributed by atoms with Crippen LogP contribution in [0.5, 0.6) is 0 Å². The minimum atomic E-state index is 0.458. The molecule has 0 unspecified atom stereocenters. The average Bonchev–Trinajstić information content (AvgIpc) is 3.18. The van der Waals surface area contributed by atoms with E-state index >= 15 is 0 Å². The van der Waals surface area contributed by atoms with Gasteiger partial charge in [-0.2, -0.15) is 5.10 Å². The first kappa shape index (κ1) is 15.6. The molecule has 3 aliphatic heterocycles. The van der Waals surface area contributed by atoms with Crippen LogP contribution in [0.2, 0.25) is 0 Å². The van der Waals surface area contributed by atoms with Gasteiger partial charge in [-0.3, -0.25) is 9.58 Å². The highest BCUT2D eigenvalue weighted by molar-refractivity contribution is 5.09. The lowest BCUT2D eigenvalue weighted by atomic mass is 9.92. The van der Waals surface area contributed by atoms with E-state index in [0.717, 1.165) is 37.2 Å². The van der Waals surface area contributed by atoms with Gasteiger partial charge in [0.1, 0.15) is 0 Å². The molecule has 0 radical (unpaired) electrons. The monoisotopic (exact) mass is 318 g/mol. The molecule has 0 N–H and O–H groups in total. The van der Waals surface area contributed by atoms with E-state index in [4.69, 9.17) is 4.74 Å². The Balaban J connectivity index is 1.34. The van der Waals surface area contributed by atoms with Crippen LogP contribution >= 0.6 is 0 Å². The highest BCUT2D eigenvalue weighted by Gasteiger charge is 2.44. The molecule has 128 valence electrons. The van der Waals surface area contributed by atoms with E-state index in [2.05, 4.69) is 34.9 Å². The van der Waals surface area contributed by atoms with Crippen LogP contribution in [0.15, 0.2) is 6.07 Å². The third-order valence-electron chi connectivity index (χ3n) is 5.94. The van der Waals surface area contributed by atoms with Crippen LogP contribution in [-0.2, 0) is 18.3 Å². The van der Waals surface area contributed by atoms with E-state index in [1.807, 2.05) is 4.68 Å². The van der Waals surface area contributed by atoms with Gasteiger partial charge in [0.05, 0.1) is 24.1 Å². The Hall–Kier alpha value is -0.910. The van der Waals surface area contributed by atoms with Crippen LogP contribution in [0.1, 0.15) is 30.7 Å². The van der Waals surface area contributed by atoms with E-state index in [0.29, 0.717) is 6.10 Å². The normalized spacial score (nSPS) is 32.5. The van der Waals surface area contributed by atoms with E-state index in [1.54, 1.807) is 0 Å². The molecule has 0 aromatic carbocycles. The Labute approximate surface area is 139 Å². The Morgan fingerprint density at radius 3 is 2.74 bits per heavy atom. The van der Waals surface area contributed by atoms with Crippen LogP contribution in [-0.4, -0.2) is 65.0 Å². The minimum Gasteiger partial charge on any atom is -0.376 e. The maximum atomic E-state index is 6.14. The van der Waals surface area contributed by atoms with Gasteiger partial charge < -0.3 is 9.64 Å². The number of piperidine rings is 1. The molecular formula is C18H30N4O. The zero-order valence-corrected chi connectivity index (χ0v) is 14.6. The second-order valence-electron chi connectivity index (χ2n) is 7.75. The molecule has 0 saturated carbocycles. The molecule has 5 nitrogen and oxygen atoms in total. The first-order valence-electron chi connectivity index (χ1n) is 9.25. The van der Waals surface area contributed by atoms with E-state index in [9.17, 15) is 0 Å². The van der Waals surface area contributed by atoms with Crippen molar-refractivity contribution in [1.29, 1.82) is 0 Å². The molecule has 0 amide bonds. The van der Waals surface area contributed by atoms with Crippen LogP contribution < -0.4 is 0 Å². The van der Waals surface area contributed by atoms with Gasteiger partial charge in [0, 0.05) is 45.1 Å². The number of likely N-dealkylation sites (tertiary alicyclic amines) is 2. The van der Waals surface area contributed by atoms with Crippen LogP contribution in [0.4, 0.5) is 0 Å². The minimum absolute atomic E-state index is 0.458. The third-order valence-corrected chi connectivity index (χ3v) is 5.94. The second-order valence-corrected chi connectivity index (χ2v) is 7.75. The predicted molar refractivity (Wildman–Crippen MR) is 90.2 cm³/mol. The second kappa shape index (κ2) is 6.54. The standard InChI is InChI=1S/C18H30N4O/c1-14-8-16(20(2)19-14)10-22-11-17-15(13-23-18(17)12-22)9-21-6-4-3-5-7-21/h8,15,17-18H,3-7,9-13H2,1-2H3/t15-,17-,18-/m1/s1. The molecule has 0 bridgehead atoms. The van der Waals surface area contributed by atoms with Crippen molar-refractivity contribution in [3.05, 3.63) is 17.5 Å². The fourth-order valence-corrected chi connectivity index (χ4v) is 4.71. The van der Waals surface area contributed by atoms with Gasteiger partial charge in [0.15, 0.2) is 0 Å². The zero-order valence-electron chi connectivity index (χ0n) is 14.6. The van der Waals surface area contributed by atoms with E-state index in [1.165, 1.54) is 51.1 Å². The van der Waals surface area contributed by atoms with Gasteiger partial charge in [-0.25, -0.2) is 0 Å². The molecule has 1 aromatic heterocycles. The lowest BCUT2D eigenvalue weighted by Crippen LogP contribution is -2.37. The topological polar surface area (TPSA) is 33.5 Å². The Kier molecular flexibility index (Phi) is 4.43. The van der Waals surface area contributed by atoms with Gasteiger partial charge >= 0.3 is 0 Å². The number of fused-ring (bicyclic) bond motifs is 1. The molecule has 3 atom stereocenters. The number of ether oxygens (including phenoxy) is 1. The van der Waals surface area contributed by atoms with Crippen molar-refractivity contribution in [1.82, 2.24) is 19.6 Å². The average molecular weight is 318 g/mol. The van der Waals surface area contributed by atoms with Crippen molar-refractivity contribution in [2.24, 2.45) is 18.9 Å². The van der Waals surface area contributed by atoms with Crippen LogP contribution in [0.3, 0.4) is 0 Å². The Morgan fingerprint density at radius 1 is 1.17 bits per heavy atom. The quantitative estimate of drug-likeness (QED) is 0.845. The summed E-state index contributed by atoms with van der Waals surface area (Å²) in [5, 5.41) is 4.47. The van der Waals surface area contributed by atoms with Crippen LogP contribution in [0, 0.1) is 18.8 Å². The molecule has 3 aliphatic rings. The summed E-state index contributed by atoms with van der Waals surface area (Å²) in [6, 6.07) is 2.21. The van der Waals surface area contributed by atoms with Crippen molar-refractivity contribution >= 4 is 0 Å². The first-order valence-corrected chi connectivity index (χ1v) is 9.25. The van der Waals surface area contributed by atoms with Gasteiger partial charge in [0.2, 0.25) is 0 Å².